The van der Waals surface area contributed by atoms with Gasteiger partial charge in [-0.1, -0.05) is 29.8 Å². The number of hydrogen-bond donors (Lipinski definition) is 1. The van der Waals surface area contributed by atoms with Crippen molar-refractivity contribution in [3.8, 4) is 0 Å². The van der Waals surface area contributed by atoms with Crippen molar-refractivity contribution >= 4 is 28.9 Å². The number of fused-ring (bicyclic) bond motifs is 1. The molecule has 1 heterocycles. The first-order chi connectivity index (χ1) is 10.5. The van der Waals surface area contributed by atoms with E-state index in [4.69, 9.17) is 11.6 Å². The van der Waals surface area contributed by atoms with Crippen LogP contribution in [-0.4, -0.2) is 18.5 Å². The van der Waals surface area contributed by atoms with Gasteiger partial charge in [-0.25, -0.2) is 0 Å². The van der Waals surface area contributed by atoms with Crippen LogP contribution in [0.5, 0.6) is 0 Å². The van der Waals surface area contributed by atoms with Crippen molar-refractivity contribution in [2.45, 2.75) is 26.3 Å². The molecular formula is C18H19ClN2O. The standard InChI is InChI=1S/C18H19ClN2O/c1-12-9-15(19)7-8-16(12)20-18(22)11-21-13(2)10-14-5-3-4-6-17(14)21/h3-9,13H,10-11H2,1-2H3,(H,20,22)/t13-/m0/s1. The summed E-state index contributed by atoms with van der Waals surface area (Å²) in [4.78, 5) is 14.5. The van der Waals surface area contributed by atoms with E-state index >= 15 is 0 Å². The summed E-state index contributed by atoms with van der Waals surface area (Å²) in [6.45, 7) is 4.45. The van der Waals surface area contributed by atoms with Gasteiger partial charge in [0.05, 0.1) is 6.54 Å². The van der Waals surface area contributed by atoms with Gasteiger partial charge in [0.15, 0.2) is 0 Å². The van der Waals surface area contributed by atoms with Gasteiger partial charge in [0.25, 0.3) is 0 Å². The third-order valence-corrected chi connectivity index (χ3v) is 4.36. The number of halogens is 1. The number of benzene rings is 2. The highest BCUT2D eigenvalue weighted by molar-refractivity contribution is 6.30. The topological polar surface area (TPSA) is 32.3 Å². The largest absolute Gasteiger partial charge is 0.359 e. The molecule has 1 aliphatic heterocycles. The summed E-state index contributed by atoms with van der Waals surface area (Å²) in [6, 6.07) is 14.1. The third-order valence-electron chi connectivity index (χ3n) is 4.12. The van der Waals surface area contributed by atoms with Gasteiger partial charge in [0, 0.05) is 22.4 Å². The second-order valence-corrected chi connectivity index (χ2v) is 6.25. The molecule has 0 bridgehead atoms. The molecule has 2 aromatic rings. The van der Waals surface area contributed by atoms with Gasteiger partial charge in [-0.05, 0) is 55.7 Å². The average molecular weight is 315 g/mol. The molecule has 0 saturated carbocycles. The fraction of sp³-hybridized carbons (Fsp3) is 0.278. The van der Waals surface area contributed by atoms with E-state index in [-0.39, 0.29) is 5.91 Å². The van der Waals surface area contributed by atoms with Crippen molar-refractivity contribution in [1.29, 1.82) is 0 Å². The second-order valence-electron chi connectivity index (χ2n) is 5.82. The van der Waals surface area contributed by atoms with E-state index in [0.29, 0.717) is 17.6 Å². The van der Waals surface area contributed by atoms with E-state index in [9.17, 15) is 4.79 Å². The molecule has 0 aromatic heterocycles. The van der Waals surface area contributed by atoms with Crippen LogP contribution in [0.2, 0.25) is 5.02 Å². The van der Waals surface area contributed by atoms with Crippen molar-refractivity contribution in [3.05, 3.63) is 58.6 Å². The zero-order valence-corrected chi connectivity index (χ0v) is 13.5. The molecule has 114 valence electrons. The molecule has 0 fully saturated rings. The Bertz CT molecular complexity index is 714. The summed E-state index contributed by atoms with van der Waals surface area (Å²) in [5.74, 6) is -0.00558. The summed E-state index contributed by atoms with van der Waals surface area (Å²) in [6.07, 6.45) is 0.990. The van der Waals surface area contributed by atoms with Crippen LogP contribution in [0.25, 0.3) is 0 Å². The number of aryl methyl sites for hydroxylation is 1. The summed E-state index contributed by atoms with van der Waals surface area (Å²) in [7, 11) is 0. The molecule has 0 saturated heterocycles. The lowest BCUT2D eigenvalue weighted by molar-refractivity contribution is -0.115. The summed E-state index contributed by atoms with van der Waals surface area (Å²) >= 11 is 5.95. The maximum atomic E-state index is 12.4. The SMILES string of the molecule is Cc1cc(Cl)ccc1NC(=O)CN1c2ccccc2C[C@@H]1C. The van der Waals surface area contributed by atoms with Gasteiger partial charge in [-0.15, -0.1) is 0 Å². The van der Waals surface area contributed by atoms with E-state index in [2.05, 4.69) is 29.3 Å². The quantitative estimate of drug-likeness (QED) is 0.927. The van der Waals surface area contributed by atoms with Gasteiger partial charge >= 0.3 is 0 Å². The molecule has 4 heteroatoms. The molecule has 2 aromatic carbocycles. The Morgan fingerprint density at radius 2 is 2.09 bits per heavy atom. The molecule has 3 nitrogen and oxygen atoms in total. The lowest BCUT2D eigenvalue weighted by Gasteiger charge is -2.24. The van der Waals surface area contributed by atoms with E-state index in [0.717, 1.165) is 23.4 Å². The first-order valence-electron chi connectivity index (χ1n) is 7.45. The average Bonchev–Trinajstić information content (AvgIpc) is 2.78. The number of carbonyl (C=O) groups excluding carboxylic acids is 1. The molecule has 1 atom stereocenters. The maximum Gasteiger partial charge on any atom is 0.243 e. The minimum atomic E-state index is -0.00558. The molecule has 0 radical (unpaired) electrons. The molecule has 0 spiro atoms. The van der Waals surface area contributed by atoms with E-state index in [1.165, 1.54) is 5.56 Å². The van der Waals surface area contributed by atoms with Gasteiger partial charge in [-0.3, -0.25) is 4.79 Å². The van der Waals surface area contributed by atoms with Crippen molar-refractivity contribution in [3.63, 3.8) is 0 Å². The second kappa shape index (κ2) is 6.01. The van der Waals surface area contributed by atoms with Crippen molar-refractivity contribution < 1.29 is 4.79 Å². The Morgan fingerprint density at radius 3 is 2.86 bits per heavy atom. The molecule has 0 unspecified atom stereocenters. The molecule has 22 heavy (non-hydrogen) atoms. The molecule has 1 amide bonds. The predicted molar refractivity (Wildman–Crippen MR) is 91.8 cm³/mol. The third kappa shape index (κ3) is 2.95. The number of anilines is 2. The van der Waals surface area contributed by atoms with Crippen LogP contribution in [0, 0.1) is 6.92 Å². The Balaban J connectivity index is 1.72. The number of rotatable bonds is 3. The van der Waals surface area contributed by atoms with Crippen molar-refractivity contribution in [2.75, 3.05) is 16.8 Å². The van der Waals surface area contributed by atoms with Crippen LogP contribution in [0.15, 0.2) is 42.5 Å². The van der Waals surface area contributed by atoms with Crippen molar-refractivity contribution in [2.24, 2.45) is 0 Å². The van der Waals surface area contributed by atoms with Gasteiger partial charge in [-0.2, -0.15) is 0 Å². The van der Waals surface area contributed by atoms with Gasteiger partial charge in [0.2, 0.25) is 5.91 Å². The van der Waals surface area contributed by atoms with E-state index in [1.54, 1.807) is 6.07 Å². The normalized spacial score (nSPS) is 16.5. The Labute approximate surface area is 135 Å². The Hall–Kier alpha value is -2.00. The van der Waals surface area contributed by atoms with Crippen LogP contribution in [0.4, 0.5) is 11.4 Å². The van der Waals surface area contributed by atoms with E-state index in [1.807, 2.05) is 31.2 Å². The summed E-state index contributed by atoms with van der Waals surface area (Å²) < 4.78 is 0. The predicted octanol–water partition coefficient (Wildman–Crippen LogP) is 4.04. The van der Waals surface area contributed by atoms with Crippen molar-refractivity contribution in [1.82, 2.24) is 0 Å². The first-order valence-corrected chi connectivity index (χ1v) is 7.83. The van der Waals surface area contributed by atoms with Crippen LogP contribution >= 0.6 is 11.6 Å². The van der Waals surface area contributed by atoms with Crippen LogP contribution in [-0.2, 0) is 11.2 Å². The highest BCUT2D eigenvalue weighted by Gasteiger charge is 2.27. The fourth-order valence-corrected chi connectivity index (χ4v) is 3.21. The number of para-hydroxylation sites is 1. The Kier molecular flexibility index (Phi) is 4.08. The lowest BCUT2D eigenvalue weighted by atomic mass is 10.1. The minimum Gasteiger partial charge on any atom is -0.359 e. The number of carbonyl (C=O) groups is 1. The highest BCUT2D eigenvalue weighted by atomic mass is 35.5. The maximum absolute atomic E-state index is 12.4. The smallest absolute Gasteiger partial charge is 0.243 e. The van der Waals surface area contributed by atoms with Gasteiger partial charge < -0.3 is 10.2 Å². The molecule has 1 N–H and O–H groups in total. The molecular weight excluding hydrogens is 296 g/mol. The Morgan fingerprint density at radius 1 is 1.32 bits per heavy atom. The monoisotopic (exact) mass is 314 g/mol. The highest BCUT2D eigenvalue weighted by Crippen LogP contribution is 2.31. The number of hydrogen-bond acceptors (Lipinski definition) is 2. The summed E-state index contributed by atoms with van der Waals surface area (Å²) in [5, 5.41) is 3.65. The summed E-state index contributed by atoms with van der Waals surface area (Å²) in [5.41, 5.74) is 4.26. The van der Waals surface area contributed by atoms with E-state index < -0.39 is 0 Å². The molecule has 3 rings (SSSR count). The molecule has 1 aliphatic rings. The zero-order chi connectivity index (χ0) is 15.7. The fourth-order valence-electron chi connectivity index (χ4n) is 2.98. The van der Waals surface area contributed by atoms with Crippen LogP contribution in [0.3, 0.4) is 0 Å². The first kappa shape index (κ1) is 14.9. The number of nitrogens with one attached hydrogen (secondary N) is 1. The van der Waals surface area contributed by atoms with Crippen LogP contribution in [0.1, 0.15) is 18.1 Å². The van der Waals surface area contributed by atoms with Crippen LogP contribution < -0.4 is 10.2 Å². The minimum absolute atomic E-state index is 0.00558. The number of nitrogens with zero attached hydrogens (tertiary/aromatic N) is 1. The van der Waals surface area contributed by atoms with Gasteiger partial charge in [0.1, 0.15) is 0 Å². The number of amides is 1. The molecule has 0 aliphatic carbocycles. The lowest BCUT2D eigenvalue weighted by Crippen LogP contribution is -2.37. The zero-order valence-electron chi connectivity index (χ0n) is 12.8.